The van der Waals surface area contributed by atoms with Gasteiger partial charge in [0, 0.05) is 5.56 Å². The standard InChI is InChI=1S/C12H12IN3/c1-7-4-3-5-9(6-7)12-15-8(2)10(13)11(14)16-12/h3-6H,1-2H3,(H2,14,15,16). The van der Waals surface area contributed by atoms with Crippen molar-refractivity contribution >= 4 is 28.4 Å². The van der Waals surface area contributed by atoms with Crippen LogP contribution in [0.5, 0.6) is 0 Å². The molecule has 16 heavy (non-hydrogen) atoms. The molecule has 0 fully saturated rings. The minimum atomic E-state index is 0.546. The summed E-state index contributed by atoms with van der Waals surface area (Å²) in [4.78, 5) is 8.75. The molecule has 82 valence electrons. The van der Waals surface area contributed by atoms with E-state index in [4.69, 9.17) is 5.73 Å². The Morgan fingerprint density at radius 1 is 1.19 bits per heavy atom. The Balaban J connectivity index is 2.57. The Bertz CT molecular complexity index is 515. The maximum atomic E-state index is 5.84. The topological polar surface area (TPSA) is 51.8 Å². The first-order valence-electron chi connectivity index (χ1n) is 4.94. The summed E-state index contributed by atoms with van der Waals surface area (Å²) in [6, 6.07) is 8.10. The Labute approximate surface area is 108 Å². The molecule has 2 aromatic rings. The van der Waals surface area contributed by atoms with Crippen LogP contribution in [-0.4, -0.2) is 9.97 Å². The van der Waals surface area contributed by atoms with Gasteiger partial charge in [-0.3, -0.25) is 0 Å². The third-order valence-electron chi connectivity index (χ3n) is 2.32. The van der Waals surface area contributed by atoms with E-state index < -0.39 is 0 Å². The fraction of sp³-hybridized carbons (Fsp3) is 0.167. The average molecular weight is 325 g/mol. The summed E-state index contributed by atoms with van der Waals surface area (Å²) in [5.74, 6) is 1.24. The molecule has 0 saturated heterocycles. The number of hydrogen-bond donors (Lipinski definition) is 1. The maximum absolute atomic E-state index is 5.84. The van der Waals surface area contributed by atoms with Gasteiger partial charge in [0.15, 0.2) is 5.82 Å². The predicted octanol–water partition coefficient (Wildman–Crippen LogP) is 2.95. The van der Waals surface area contributed by atoms with Crippen molar-refractivity contribution < 1.29 is 0 Å². The molecule has 3 nitrogen and oxygen atoms in total. The Morgan fingerprint density at radius 3 is 2.56 bits per heavy atom. The van der Waals surface area contributed by atoms with Gasteiger partial charge in [-0.2, -0.15) is 0 Å². The lowest BCUT2D eigenvalue weighted by atomic mass is 10.1. The Kier molecular flexibility index (Phi) is 3.09. The van der Waals surface area contributed by atoms with E-state index in [-0.39, 0.29) is 0 Å². The second kappa shape index (κ2) is 4.37. The number of hydrogen-bond acceptors (Lipinski definition) is 3. The van der Waals surface area contributed by atoms with Gasteiger partial charge in [0.2, 0.25) is 0 Å². The largest absolute Gasteiger partial charge is 0.383 e. The number of anilines is 1. The normalized spacial score (nSPS) is 10.4. The molecular weight excluding hydrogens is 313 g/mol. The quantitative estimate of drug-likeness (QED) is 0.820. The van der Waals surface area contributed by atoms with Crippen LogP contribution in [0.4, 0.5) is 5.82 Å². The summed E-state index contributed by atoms with van der Waals surface area (Å²) in [7, 11) is 0. The van der Waals surface area contributed by atoms with Crippen LogP contribution in [0.1, 0.15) is 11.3 Å². The second-order valence-electron chi connectivity index (χ2n) is 3.70. The summed E-state index contributed by atoms with van der Waals surface area (Å²) in [6.07, 6.45) is 0. The van der Waals surface area contributed by atoms with Gasteiger partial charge in [-0.1, -0.05) is 23.8 Å². The first-order chi connectivity index (χ1) is 7.58. The molecule has 0 radical (unpaired) electrons. The minimum absolute atomic E-state index is 0.546. The lowest BCUT2D eigenvalue weighted by Crippen LogP contribution is -2.02. The highest BCUT2D eigenvalue weighted by molar-refractivity contribution is 14.1. The summed E-state index contributed by atoms with van der Waals surface area (Å²) < 4.78 is 0.925. The van der Waals surface area contributed by atoms with E-state index >= 15 is 0 Å². The van der Waals surface area contributed by atoms with E-state index in [1.807, 2.05) is 32.0 Å². The molecule has 1 heterocycles. The number of nitrogens with zero attached hydrogens (tertiary/aromatic N) is 2. The van der Waals surface area contributed by atoms with Crippen molar-refractivity contribution in [3.05, 3.63) is 39.1 Å². The first-order valence-corrected chi connectivity index (χ1v) is 6.02. The molecule has 1 aromatic carbocycles. The third kappa shape index (κ3) is 2.16. The Morgan fingerprint density at radius 2 is 1.94 bits per heavy atom. The van der Waals surface area contributed by atoms with Crippen LogP contribution in [0, 0.1) is 17.4 Å². The molecule has 0 aliphatic rings. The highest BCUT2D eigenvalue weighted by atomic mass is 127. The first kappa shape index (κ1) is 11.3. The molecule has 0 unspecified atom stereocenters. The van der Waals surface area contributed by atoms with Crippen LogP contribution in [0.2, 0.25) is 0 Å². The molecule has 2 rings (SSSR count). The molecule has 4 heteroatoms. The van der Waals surface area contributed by atoms with Gasteiger partial charge in [-0.25, -0.2) is 9.97 Å². The number of rotatable bonds is 1. The SMILES string of the molecule is Cc1cccc(-c2nc(C)c(I)c(N)n2)c1. The second-order valence-corrected chi connectivity index (χ2v) is 4.78. The summed E-state index contributed by atoms with van der Waals surface area (Å²) in [6.45, 7) is 3.99. The molecule has 0 saturated carbocycles. The monoisotopic (exact) mass is 325 g/mol. The molecule has 0 aliphatic heterocycles. The average Bonchev–Trinajstić information content (AvgIpc) is 2.25. The van der Waals surface area contributed by atoms with E-state index in [0.717, 1.165) is 14.8 Å². The highest BCUT2D eigenvalue weighted by Crippen LogP contribution is 2.22. The molecule has 0 amide bonds. The number of nitrogens with two attached hydrogens (primary N) is 1. The van der Waals surface area contributed by atoms with Gasteiger partial charge in [-0.05, 0) is 42.5 Å². The summed E-state index contributed by atoms with van der Waals surface area (Å²) >= 11 is 2.16. The van der Waals surface area contributed by atoms with Gasteiger partial charge in [0.1, 0.15) is 5.82 Å². The number of aryl methyl sites for hydroxylation is 2. The van der Waals surface area contributed by atoms with Crippen LogP contribution >= 0.6 is 22.6 Å². The van der Waals surface area contributed by atoms with Gasteiger partial charge in [0.25, 0.3) is 0 Å². The highest BCUT2D eigenvalue weighted by Gasteiger charge is 2.08. The van der Waals surface area contributed by atoms with Crippen molar-refractivity contribution in [1.82, 2.24) is 9.97 Å². The fourth-order valence-corrected chi connectivity index (χ4v) is 1.74. The number of benzene rings is 1. The summed E-state index contributed by atoms with van der Waals surface area (Å²) in [5, 5.41) is 0. The van der Waals surface area contributed by atoms with Crippen LogP contribution in [0.15, 0.2) is 24.3 Å². The minimum Gasteiger partial charge on any atom is -0.383 e. The van der Waals surface area contributed by atoms with Gasteiger partial charge in [0.05, 0.1) is 9.26 Å². The Hall–Kier alpha value is -1.17. The smallest absolute Gasteiger partial charge is 0.161 e. The van der Waals surface area contributed by atoms with E-state index in [2.05, 4.69) is 38.6 Å². The zero-order valence-electron chi connectivity index (χ0n) is 9.16. The van der Waals surface area contributed by atoms with E-state index in [1.54, 1.807) is 0 Å². The van der Waals surface area contributed by atoms with Gasteiger partial charge < -0.3 is 5.73 Å². The molecule has 2 N–H and O–H groups in total. The zero-order chi connectivity index (χ0) is 11.7. The molecular formula is C12H12IN3. The third-order valence-corrected chi connectivity index (χ3v) is 3.65. The maximum Gasteiger partial charge on any atom is 0.161 e. The van der Waals surface area contributed by atoms with Crippen LogP contribution in [-0.2, 0) is 0 Å². The zero-order valence-corrected chi connectivity index (χ0v) is 11.3. The van der Waals surface area contributed by atoms with Crippen molar-refractivity contribution in [3.63, 3.8) is 0 Å². The molecule has 0 aliphatic carbocycles. The van der Waals surface area contributed by atoms with Crippen LogP contribution in [0.3, 0.4) is 0 Å². The number of halogens is 1. The number of aromatic nitrogens is 2. The summed E-state index contributed by atoms with van der Waals surface area (Å²) in [5.41, 5.74) is 8.96. The van der Waals surface area contributed by atoms with E-state index in [1.165, 1.54) is 5.56 Å². The van der Waals surface area contributed by atoms with Crippen LogP contribution in [0.25, 0.3) is 11.4 Å². The predicted molar refractivity (Wildman–Crippen MR) is 74.1 cm³/mol. The lowest BCUT2D eigenvalue weighted by Gasteiger charge is -2.06. The molecule has 1 aromatic heterocycles. The van der Waals surface area contributed by atoms with Crippen molar-refractivity contribution in [2.75, 3.05) is 5.73 Å². The van der Waals surface area contributed by atoms with Crippen molar-refractivity contribution in [2.45, 2.75) is 13.8 Å². The van der Waals surface area contributed by atoms with Crippen molar-refractivity contribution in [3.8, 4) is 11.4 Å². The van der Waals surface area contributed by atoms with Gasteiger partial charge >= 0.3 is 0 Å². The van der Waals surface area contributed by atoms with Crippen LogP contribution < -0.4 is 5.73 Å². The molecule has 0 atom stereocenters. The van der Waals surface area contributed by atoms with E-state index in [0.29, 0.717) is 11.6 Å². The van der Waals surface area contributed by atoms with E-state index in [9.17, 15) is 0 Å². The molecule has 0 spiro atoms. The van der Waals surface area contributed by atoms with Crippen molar-refractivity contribution in [1.29, 1.82) is 0 Å². The lowest BCUT2D eigenvalue weighted by molar-refractivity contribution is 1.10. The van der Waals surface area contributed by atoms with Gasteiger partial charge in [-0.15, -0.1) is 0 Å². The van der Waals surface area contributed by atoms with Crippen molar-refractivity contribution in [2.24, 2.45) is 0 Å². The number of nitrogen functional groups attached to an aromatic ring is 1. The molecule has 0 bridgehead atoms. The fourth-order valence-electron chi connectivity index (χ4n) is 1.49.